The summed E-state index contributed by atoms with van der Waals surface area (Å²) in [4.78, 5) is 4.49. The van der Waals surface area contributed by atoms with Crippen LogP contribution < -0.4 is 5.73 Å². The Bertz CT molecular complexity index is 525. The molecule has 0 saturated carbocycles. The zero-order chi connectivity index (χ0) is 12.6. The van der Waals surface area contributed by atoms with Crippen LogP contribution in [0.15, 0.2) is 5.38 Å². The van der Waals surface area contributed by atoms with Gasteiger partial charge in [0, 0.05) is 18.0 Å². The third-order valence-electron chi connectivity index (χ3n) is 2.67. The molecule has 0 radical (unpaired) electrons. The molecule has 2 aromatic rings. The molecule has 0 aliphatic rings. The van der Waals surface area contributed by atoms with Crippen LogP contribution in [0.3, 0.4) is 0 Å². The van der Waals surface area contributed by atoms with Crippen molar-refractivity contribution in [3.8, 4) is 11.4 Å². The van der Waals surface area contributed by atoms with Crippen LogP contribution in [-0.2, 0) is 13.5 Å². The SMILES string of the molecule is Cc1nc(-c2nn(C)c(N)c2CC(C)C)cs1. The van der Waals surface area contributed by atoms with Gasteiger partial charge >= 0.3 is 0 Å². The van der Waals surface area contributed by atoms with Gasteiger partial charge in [-0.05, 0) is 19.3 Å². The van der Waals surface area contributed by atoms with Crippen molar-refractivity contribution in [1.29, 1.82) is 0 Å². The first-order valence-corrected chi connectivity index (χ1v) is 6.60. The van der Waals surface area contributed by atoms with E-state index in [0.717, 1.165) is 34.2 Å². The van der Waals surface area contributed by atoms with E-state index in [4.69, 9.17) is 5.73 Å². The van der Waals surface area contributed by atoms with Crippen LogP contribution in [-0.4, -0.2) is 14.8 Å². The molecule has 17 heavy (non-hydrogen) atoms. The standard InChI is InChI=1S/C12H18N4S/c1-7(2)5-9-11(15-16(4)12(9)13)10-6-17-8(3)14-10/h6-7H,5,13H2,1-4H3. The molecule has 4 nitrogen and oxygen atoms in total. The minimum absolute atomic E-state index is 0.556. The van der Waals surface area contributed by atoms with Gasteiger partial charge in [0.25, 0.3) is 0 Å². The molecule has 0 unspecified atom stereocenters. The Balaban J connectivity index is 2.49. The molecule has 2 rings (SSSR count). The second-order valence-corrected chi connectivity index (χ2v) is 5.75. The number of aromatic nitrogens is 3. The van der Waals surface area contributed by atoms with Crippen molar-refractivity contribution in [1.82, 2.24) is 14.8 Å². The van der Waals surface area contributed by atoms with Crippen LogP contribution in [0.5, 0.6) is 0 Å². The molecule has 0 fully saturated rings. The number of hydrogen-bond acceptors (Lipinski definition) is 4. The maximum atomic E-state index is 6.07. The van der Waals surface area contributed by atoms with Gasteiger partial charge in [-0.1, -0.05) is 13.8 Å². The van der Waals surface area contributed by atoms with Gasteiger partial charge in [-0.15, -0.1) is 11.3 Å². The number of thiazole rings is 1. The maximum absolute atomic E-state index is 6.07. The number of anilines is 1. The van der Waals surface area contributed by atoms with E-state index in [2.05, 4.69) is 23.9 Å². The Kier molecular flexibility index (Phi) is 3.19. The average Bonchev–Trinajstić information content (AvgIpc) is 2.77. The molecule has 0 aliphatic carbocycles. The van der Waals surface area contributed by atoms with Gasteiger partial charge in [0.15, 0.2) is 0 Å². The molecule has 0 atom stereocenters. The number of nitrogens with zero attached hydrogens (tertiary/aromatic N) is 3. The lowest BCUT2D eigenvalue weighted by atomic mass is 10.0. The summed E-state index contributed by atoms with van der Waals surface area (Å²) in [7, 11) is 1.88. The molecule has 5 heteroatoms. The Morgan fingerprint density at radius 1 is 1.47 bits per heavy atom. The van der Waals surface area contributed by atoms with Gasteiger partial charge < -0.3 is 5.73 Å². The highest BCUT2D eigenvalue weighted by atomic mass is 32.1. The second kappa shape index (κ2) is 4.49. The monoisotopic (exact) mass is 250 g/mol. The highest BCUT2D eigenvalue weighted by Crippen LogP contribution is 2.29. The smallest absolute Gasteiger partial charge is 0.125 e. The molecule has 0 aromatic carbocycles. The normalized spacial score (nSPS) is 11.4. The summed E-state index contributed by atoms with van der Waals surface area (Å²) in [5.41, 5.74) is 9.06. The van der Waals surface area contributed by atoms with Crippen LogP contribution in [0.4, 0.5) is 5.82 Å². The Labute approximate surface area is 105 Å². The van der Waals surface area contributed by atoms with Crippen molar-refractivity contribution >= 4 is 17.2 Å². The summed E-state index contributed by atoms with van der Waals surface area (Å²) in [6.07, 6.45) is 0.936. The highest BCUT2D eigenvalue weighted by Gasteiger charge is 2.18. The second-order valence-electron chi connectivity index (χ2n) is 4.69. The fraction of sp³-hybridized carbons (Fsp3) is 0.500. The number of nitrogens with two attached hydrogens (primary N) is 1. The van der Waals surface area contributed by atoms with Crippen LogP contribution >= 0.6 is 11.3 Å². The van der Waals surface area contributed by atoms with Gasteiger partial charge in [0.05, 0.1) is 5.01 Å². The van der Waals surface area contributed by atoms with Gasteiger partial charge in [-0.3, -0.25) is 4.68 Å². The molecule has 0 amide bonds. The Morgan fingerprint density at radius 3 is 2.71 bits per heavy atom. The van der Waals surface area contributed by atoms with Crippen molar-refractivity contribution in [2.75, 3.05) is 5.73 Å². The summed E-state index contributed by atoms with van der Waals surface area (Å²) in [6.45, 7) is 6.37. The van der Waals surface area contributed by atoms with E-state index >= 15 is 0 Å². The number of rotatable bonds is 3. The van der Waals surface area contributed by atoms with E-state index in [-0.39, 0.29) is 0 Å². The molecule has 0 spiro atoms. The molecule has 2 N–H and O–H groups in total. The minimum Gasteiger partial charge on any atom is -0.384 e. The third-order valence-corrected chi connectivity index (χ3v) is 3.44. The quantitative estimate of drug-likeness (QED) is 0.911. The van der Waals surface area contributed by atoms with Crippen LogP contribution in [0.1, 0.15) is 24.4 Å². The largest absolute Gasteiger partial charge is 0.384 e. The lowest BCUT2D eigenvalue weighted by Gasteiger charge is -2.05. The van der Waals surface area contributed by atoms with Crippen molar-refractivity contribution in [2.24, 2.45) is 13.0 Å². The van der Waals surface area contributed by atoms with E-state index in [1.807, 2.05) is 19.4 Å². The van der Waals surface area contributed by atoms with E-state index < -0.39 is 0 Å². The summed E-state index contributed by atoms with van der Waals surface area (Å²) in [5, 5.41) is 7.58. The molecular weight excluding hydrogens is 232 g/mol. The first-order valence-electron chi connectivity index (χ1n) is 5.73. The Hall–Kier alpha value is -1.36. The van der Waals surface area contributed by atoms with E-state index in [9.17, 15) is 0 Å². The number of aryl methyl sites for hydroxylation is 2. The molecule has 92 valence electrons. The average molecular weight is 250 g/mol. The molecular formula is C12H18N4S. The third kappa shape index (κ3) is 2.34. The van der Waals surface area contributed by atoms with E-state index in [1.165, 1.54) is 0 Å². The Morgan fingerprint density at radius 2 is 2.18 bits per heavy atom. The summed E-state index contributed by atoms with van der Waals surface area (Å²) in [6, 6.07) is 0. The molecule has 0 saturated heterocycles. The molecule has 2 heterocycles. The van der Waals surface area contributed by atoms with Gasteiger partial charge in [0.2, 0.25) is 0 Å². The van der Waals surface area contributed by atoms with Crippen LogP contribution in [0, 0.1) is 12.8 Å². The van der Waals surface area contributed by atoms with Crippen molar-refractivity contribution in [2.45, 2.75) is 27.2 Å². The van der Waals surface area contributed by atoms with Crippen LogP contribution in [0.2, 0.25) is 0 Å². The predicted octanol–water partition coefficient (Wildman–Crippen LogP) is 2.63. The summed E-state index contributed by atoms with van der Waals surface area (Å²) >= 11 is 1.64. The minimum atomic E-state index is 0.556. The van der Waals surface area contributed by atoms with Crippen molar-refractivity contribution < 1.29 is 0 Å². The summed E-state index contributed by atoms with van der Waals surface area (Å²) in [5.74, 6) is 1.30. The molecule has 2 aromatic heterocycles. The van der Waals surface area contributed by atoms with E-state index in [1.54, 1.807) is 16.0 Å². The topological polar surface area (TPSA) is 56.7 Å². The number of hydrogen-bond donors (Lipinski definition) is 1. The van der Waals surface area contributed by atoms with Gasteiger partial charge in [0.1, 0.15) is 17.2 Å². The lowest BCUT2D eigenvalue weighted by Crippen LogP contribution is -2.02. The maximum Gasteiger partial charge on any atom is 0.125 e. The molecule has 0 bridgehead atoms. The predicted molar refractivity (Wildman–Crippen MR) is 72.0 cm³/mol. The first-order chi connectivity index (χ1) is 7.99. The van der Waals surface area contributed by atoms with Crippen molar-refractivity contribution in [3.05, 3.63) is 16.0 Å². The zero-order valence-corrected chi connectivity index (χ0v) is 11.5. The summed E-state index contributed by atoms with van der Waals surface area (Å²) < 4.78 is 1.74. The zero-order valence-electron chi connectivity index (χ0n) is 10.7. The first kappa shape index (κ1) is 12.1. The highest BCUT2D eigenvalue weighted by molar-refractivity contribution is 7.09. The van der Waals surface area contributed by atoms with Gasteiger partial charge in [-0.25, -0.2) is 4.98 Å². The number of nitrogen functional groups attached to an aromatic ring is 1. The molecule has 0 aliphatic heterocycles. The van der Waals surface area contributed by atoms with E-state index in [0.29, 0.717) is 5.92 Å². The fourth-order valence-electron chi connectivity index (χ4n) is 1.87. The fourth-order valence-corrected chi connectivity index (χ4v) is 2.47. The van der Waals surface area contributed by atoms with Gasteiger partial charge in [-0.2, -0.15) is 5.10 Å². The van der Waals surface area contributed by atoms with Crippen LogP contribution in [0.25, 0.3) is 11.4 Å². The lowest BCUT2D eigenvalue weighted by molar-refractivity contribution is 0.648. The van der Waals surface area contributed by atoms with Crippen molar-refractivity contribution in [3.63, 3.8) is 0 Å².